The molecule has 1 heterocycles. The number of nitrogens with zero attached hydrogens (tertiary/aromatic N) is 2. The fourth-order valence-electron chi connectivity index (χ4n) is 3.19. The second-order valence-corrected chi connectivity index (χ2v) is 7.10. The number of primary amides is 1. The molecular formula is C23H25N3O2. The summed E-state index contributed by atoms with van der Waals surface area (Å²) in [5, 5.41) is 1.14. The van der Waals surface area contributed by atoms with Gasteiger partial charge in [-0.05, 0) is 61.7 Å². The van der Waals surface area contributed by atoms with Crippen LogP contribution in [-0.4, -0.2) is 34.8 Å². The first kappa shape index (κ1) is 19.5. The van der Waals surface area contributed by atoms with Crippen LogP contribution in [0, 0.1) is 6.92 Å². The van der Waals surface area contributed by atoms with Crippen molar-refractivity contribution in [3.63, 3.8) is 0 Å². The molecule has 1 unspecified atom stereocenters. The van der Waals surface area contributed by atoms with Crippen molar-refractivity contribution in [3.05, 3.63) is 65.2 Å². The van der Waals surface area contributed by atoms with E-state index in [1.165, 1.54) is 10.5 Å². The van der Waals surface area contributed by atoms with Gasteiger partial charge in [0, 0.05) is 23.6 Å². The number of pyridine rings is 1. The van der Waals surface area contributed by atoms with E-state index in [1.807, 2.05) is 24.3 Å². The number of amides is 2. The third kappa shape index (κ3) is 3.74. The number of likely N-dealkylation sites (N-methyl/N-ethyl adjacent to an activating group) is 1. The maximum atomic E-state index is 12.7. The average Bonchev–Trinajstić information content (AvgIpc) is 2.71. The minimum Gasteiger partial charge on any atom is -0.368 e. The topological polar surface area (TPSA) is 76.3 Å². The van der Waals surface area contributed by atoms with Gasteiger partial charge >= 0.3 is 0 Å². The molecule has 28 heavy (non-hydrogen) atoms. The number of carbonyl (C=O) groups is 2. The lowest BCUT2D eigenvalue weighted by molar-refractivity contribution is -0.121. The average molecular weight is 375 g/mol. The van der Waals surface area contributed by atoms with Crippen LogP contribution in [0.1, 0.15) is 35.3 Å². The lowest BCUT2D eigenvalue weighted by Gasteiger charge is -2.22. The molecule has 3 rings (SSSR count). The maximum absolute atomic E-state index is 12.7. The highest BCUT2D eigenvalue weighted by molar-refractivity contribution is 5.98. The van der Waals surface area contributed by atoms with Crippen molar-refractivity contribution >= 4 is 22.7 Å². The lowest BCUT2D eigenvalue weighted by atomic mass is 10.0. The van der Waals surface area contributed by atoms with Gasteiger partial charge in [0.25, 0.3) is 5.91 Å². The van der Waals surface area contributed by atoms with Crippen LogP contribution in [0.5, 0.6) is 0 Å². The quantitative estimate of drug-likeness (QED) is 0.738. The van der Waals surface area contributed by atoms with Crippen LogP contribution >= 0.6 is 0 Å². The zero-order valence-electron chi connectivity index (χ0n) is 16.7. The van der Waals surface area contributed by atoms with Gasteiger partial charge in [-0.15, -0.1) is 0 Å². The van der Waals surface area contributed by atoms with E-state index < -0.39 is 11.9 Å². The van der Waals surface area contributed by atoms with E-state index in [-0.39, 0.29) is 5.91 Å². The summed E-state index contributed by atoms with van der Waals surface area (Å²) in [4.78, 5) is 30.3. The standard InChI is InChI=1S/C23H25N3O2/c1-5-16-9-10-20-19(12-16)14(2)11-21(25-20)17-7-6-8-18(13-17)23(28)26(4)15(3)22(24)27/h6-13,15H,5H2,1-4H3,(H2,24,27). The Labute approximate surface area is 165 Å². The summed E-state index contributed by atoms with van der Waals surface area (Å²) < 4.78 is 0. The van der Waals surface area contributed by atoms with Crippen molar-refractivity contribution in [1.29, 1.82) is 0 Å². The van der Waals surface area contributed by atoms with Crippen LogP contribution < -0.4 is 5.73 Å². The predicted molar refractivity (Wildman–Crippen MR) is 112 cm³/mol. The van der Waals surface area contributed by atoms with Crippen LogP contribution in [0.3, 0.4) is 0 Å². The number of rotatable bonds is 5. The molecule has 1 aromatic heterocycles. The Hall–Kier alpha value is -3.21. The number of fused-ring (bicyclic) bond motifs is 1. The Kier molecular flexibility index (Phi) is 5.45. The first-order chi connectivity index (χ1) is 13.3. The molecule has 3 aromatic rings. The van der Waals surface area contributed by atoms with Gasteiger partial charge in [0.15, 0.2) is 0 Å². The van der Waals surface area contributed by atoms with Gasteiger partial charge in [0.2, 0.25) is 5.91 Å². The summed E-state index contributed by atoms with van der Waals surface area (Å²) in [5.74, 6) is -0.788. The predicted octanol–water partition coefficient (Wildman–Crippen LogP) is 3.72. The molecule has 2 amide bonds. The molecule has 1 atom stereocenters. The first-order valence-electron chi connectivity index (χ1n) is 9.39. The van der Waals surface area contributed by atoms with E-state index in [4.69, 9.17) is 10.7 Å². The highest BCUT2D eigenvalue weighted by atomic mass is 16.2. The lowest BCUT2D eigenvalue weighted by Crippen LogP contribution is -2.43. The van der Waals surface area contributed by atoms with Crippen LogP contribution in [0.4, 0.5) is 0 Å². The van der Waals surface area contributed by atoms with Crippen molar-refractivity contribution in [2.45, 2.75) is 33.2 Å². The van der Waals surface area contributed by atoms with Crippen LogP contribution in [0.2, 0.25) is 0 Å². The number of nitrogens with two attached hydrogens (primary N) is 1. The zero-order chi connectivity index (χ0) is 20.4. The minimum absolute atomic E-state index is 0.252. The van der Waals surface area contributed by atoms with Gasteiger partial charge in [-0.3, -0.25) is 9.59 Å². The summed E-state index contributed by atoms with van der Waals surface area (Å²) in [6.07, 6.45) is 0.985. The molecule has 144 valence electrons. The third-order valence-corrected chi connectivity index (χ3v) is 5.21. The molecule has 0 aliphatic rings. The molecule has 0 saturated heterocycles. The Balaban J connectivity index is 2.00. The van der Waals surface area contributed by atoms with Crippen molar-refractivity contribution in [2.24, 2.45) is 5.73 Å². The SMILES string of the molecule is CCc1ccc2nc(-c3cccc(C(=O)N(C)C(C)C(N)=O)c3)cc(C)c2c1. The molecule has 0 spiro atoms. The Morgan fingerprint density at radius 2 is 1.89 bits per heavy atom. The smallest absolute Gasteiger partial charge is 0.254 e. The van der Waals surface area contributed by atoms with E-state index in [9.17, 15) is 9.59 Å². The van der Waals surface area contributed by atoms with E-state index >= 15 is 0 Å². The van der Waals surface area contributed by atoms with E-state index in [0.717, 1.165) is 34.1 Å². The number of carbonyl (C=O) groups excluding carboxylic acids is 2. The van der Waals surface area contributed by atoms with E-state index in [2.05, 4.69) is 26.0 Å². The molecule has 2 N–H and O–H groups in total. The minimum atomic E-state index is -0.676. The monoisotopic (exact) mass is 375 g/mol. The van der Waals surface area contributed by atoms with E-state index in [1.54, 1.807) is 26.1 Å². The van der Waals surface area contributed by atoms with Crippen molar-refractivity contribution < 1.29 is 9.59 Å². The molecule has 0 fully saturated rings. The summed E-state index contributed by atoms with van der Waals surface area (Å²) >= 11 is 0. The summed E-state index contributed by atoms with van der Waals surface area (Å²) in [7, 11) is 1.58. The first-order valence-corrected chi connectivity index (χ1v) is 9.39. The van der Waals surface area contributed by atoms with Crippen LogP contribution in [0.25, 0.3) is 22.2 Å². The van der Waals surface area contributed by atoms with Gasteiger partial charge in [-0.25, -0.2) is 4.98 Å². The number of hydrogen-bond acceptors (Lipinski definition) is 3. The number of aryl methyl sites for hydroxylation is 2. The zero-order valence-corrected chi connectivity index (χ0v) is 16.7. The van der Waals surface area contributed by atoms with Gasteiger partial charge in [-0.2, -0.15) is 0 Å². The normalized spacial score (nSPS) is 12.0. The number of aromatic nitrogens is 1. The largest absolute Gasteiger partial charge is 0.368 e. The van der Waals surface area contributed by atoms with Crippen LogP contribution in [-0.2, 0) is 11.2 Å². The molecule has 5 nitrogen and oxygen atoms in total. The fourth-order valence-corrected chi connectivity index (χ4v) is 3.19. The number of benzene rings is 2. The van der Waals surface area contributed by atoms with Crippen LogP contribution in [0.15, 0.2) is 48.5 Å². The highest BCUT2D eigenvalue weighted by Gasteiger charge is 2.21. The van der Waals surface area contributed by atoms with E-state index in [0.29, 0.717) is 5.56 Å². The summed E-state index contributed by atoms with van der Waals surface area (Å²) in [6, 6.07) is 15.0. The van der Waals surface area contributed by atoms with Crippen molar-refractivity contribution in [2.75, 3.05) is 7.05 Å². The summed E-state index contributed by atoms with van der Waals surface area (Å²) in [6.45, 7) is 5.82. The maximum Gasteiger partial charge on any atom is 0.254 e. The Bertz CT molecular complexity index is 1060. The van der Waals surface area contributed by atoms with Gasteiger partial charge in [0.05, 0.1) is 11.2 Å². The molecule has 0 aliphatic heterocycles. The van der Waals surface area contributed by atoms with Crippen molar-refractivity contribution in [1.82, 2.24) is 9.88 Å². The molecule has 5 heteroatoms. The molecule has 2 aromatic carbocycles. The molecule has 0 radical (unpaired) electrons. The fraction of sp³-hybridized carbons (Fsp3) is 0.261. The Morgan fingerprint density at radius 3 is 2.57 bits per heavy atom. The second kappa shape index (κ2) is 7.80. The Morgan fingerprint density at radius 1 is 1.14 bits per heavy atom. The van der Waals surface area contributed by atoms with Gasteiger partial charge in [-0.1, -0.05) is 25.1 Å². The molecule has 0 bridgehead atoms. The third-order valence-electron chi connectivity index (χ3n) is 5.21. The number of hydrogen-bond donors (Lipinski definition) is 1. The van der Waals surface area contributed by atoms with Gasteiger partial charge < -0.3 is 10.6 Å². The highest BCUT2D eigenvalue weighted by Crippen LogP contribution is 2.26. The summed E-state index contributed by atoms with van der Waals surface area (Å²) in [5.41, 5.74) is 10.8. The molecule has 0 saturated carbocycles. The second-order valence-electron chi connectivity index (χ2n) is 7.10. The molecule has 0 aliphatic carbocycles. The van der Waals surface area contributed by atoms with Gasteiger partial charge in [0.1, 0.15) is 6.04 Å². The molecular weight excluding hydrogens is 350 g/mol. The van der Waals surface area contributed by atoms with Crippen molar-refractivity contribution in [3.8, 4) is 11.3 Å².